The fourth-order valence-corrected chi connectivity index (χ4v) is 1.90. The molecule has 0 aromatic heterocycles. The normalized spacial score (nSPS) is 10.1. The highest BCUT2D eigenvalue weighted by Crippen LogP contribution is 2.23. The third kappa shape index (κ3) is 3.00. The SMILES string of the molecule is COc1ccccc1CNc1cc(C(N)=O)ccc1N. The van der Waals surface area contributed by atoms with Crippen LogP contribution in [0.15, 0.2) is 42.5 Å². The van der Waals surface area contributed by atoms with Gasteiger partial charge in [-0.15, -0.1) is 0 Å². The fourth-order valence-electron chi connectivity index (χ4n) is 1.90. The number of nitrogens with one attached hydrogen (secondary N) is 1. The van der Waals surface area contributed by atoms with Gasteiger partial charge in [0.2, 0.25) is 5.91 Å². The molecule has 104 valence electrons. The Hall–Kier alpha value is -2.69. The lowest BCUT2D eigenvalue weighted by molar-refractivity contribution is 0.100. The summed E-state index contributed by atoms with van der Waals surface area (Å²) >= 11 is 0. The number of carbonyl (C=O) groups is 1. The zero-order valence-electron chi connectivity index (χ0n) is 11.2. The van der Waals surface area contributed by atoms with E-state index in [1.807, 2.05) is 24.3 Å². The Morgan fingerprint density at radius 2 is 2.00 bits per heavy atom. The first-order valence-corrected chi connectivity index (χ1v) is 6.17. The largest absolute Gasteiger partial charge is 0.496 e. The number of ether oxygens (including phenoxy) is 1. The Morgan fingerprint density at radius 3 is 2.70 bits per heavy atom. The molecule has 1 amide bonds. The molecule has 0 unspecified atom stereocenters. The number of amides is 1. The number of anilines is 2. The van der Waals surface area contributed by atoms with Crippen LogP contribution in [-0.4, -0.2) is 13.0 Å². The second kappa shape index (κ2) is 5.97. The van der Waals surface area contributed by atoms with E-state index in [2.05, 4.69) is 5.32 Å². The van der Waals surface area contributed by atoms with Crippen LogP contribution in [0.25, 0.3) is 0 Å². The van der Waals surface area contributed by atoms with Gasteiger partial charge in [-0.3, -0.25) is 4.79 Å². The van der Waals surface area contributed by atoms with Crippen molar-refractivity contribution in [2.45, 2.75) is 6.54 Å². The average Bonchev–Trinajstić information content (AvgIpc) is 2.46. The van der Waals surface area contributed by atoms with Gasteiger partial charge in [-0.25, -0.2) is 0 Å². The number of methoxy groups -OCH3 is 1. The minimum atomic E-state index is -0.481. The standard InChI is InChI=1S/C15H17N3O2/c1-20-14-5-3-2-4-11(14)9-18-13-8-10(15(17)19)6-7-12(13)16/h2-8,18H,9,16H2,1H3,(H2,17,19). The van der Waals surface area contributed by atoms with Crippen LogP contribution >= 0.6 is 0 Å². The summed E-state index contributed by atoms with van der Waals surface area (Å²) in [5, 5.41) is 3.19. The minimum Gasteiger partial charge on any atom is -0.496 e. The van der Waals surface area contributed by atoms with Crippen molar-refractivity contribution < 1.29 is 9.53 Å². The molecule has 0 aliphatic rings. The molecule has 0 fully saturated rings. The van der Waals surface area contributed by atoms with Gasteiger partial charge in [0.15, 0.2) is 0 Å². The van der Waals surface area contributed by atoms with Crippen molar-refractivity contribution in [3.8, 4) is 5.75 Å². The number of carbonyl (C=O) groups excluding carboxylic acids is 1. The first kappa shape index (κ1) is 13.7. The number of hydrogen-bond acceptors (Lipinski definition) is 4. The van der Waals surface area contributed by atoms with E-state index in [0.29, 0.717) is 23.5 Å². The third-order valence-electron chi connectivity index (χ3n) is 3.00. The van der Waals surface area contributed by atoms with E-state index >= 15 is 0 Å². The predicted octanol–water partition coefficient (Wildman–Crippen LogP) is 1.99. The fraction of sp³-hybridized carbons (Fsp3) is 0.133. The molecule has 5 nitrogen and oxygen atoms in total. The molecule has 0 saturated heterocycles. The molecule has 0 heterocycles. The highest BCUT2D eigenvalue weighted by atomic mass is 16.5. The van der Waals surface area contributed by atoms with Crippen LogP contribution in [0.3, 0.4) is 0 Å². The highest BCUT2D eigenvalue weighted by molar-refractivity contribution is 5.94. The number of para-hydroxylation sites is 1. The highest BCUT2D eigenvalue weighted by Gasteiger charge is 2.06. The minimum absolute atomic E-state index is 0.418. The molecule has 0 saturated carbocycles. The van der Waals surface area contributed by atoms with Crippen molar-refractivity contribution in [3.63, 3.8) is 0 Å². The molecule has 5 N–H and O–H groups in total. The molecular formula is C15H17N3O2. The Bertz CT molecular complexity index is 626. The van der Waals surface area contributed by atoms with Gasteiger partial charge in [-0.05, 0) is 24.3 Å². The average molecular weight is 271 g/mol. The van der Waals surface area contributed by atoms with E-state index in [0.717, 1.165) is 11.3 Å². The molecule has 0 bridgehead atoms. The number of primary amides is 1. The monoisotopic (exact) mass is 271 g/mol. The lowest BCUT2D eigenvalue weighted by Crippen LogP contribution is -2.12. The Balaban J connectivity index is 2.18. The lowest BCUT2D eigenvalue weighted by Gasteiger charge is -2.12. The molecular weight excluding hydrogens is 254 g/mol. The van der Waals surface area contributed by atoms with Crippen molar-refractivity contribution in [1.29, 1.82) is 0 Å². The number of nitrogens with two attached hydrogens (primary N) is 2. The molecule has 5 heteroatoms. The van der Waals surface area contributed by atoms with Crippen molar-refractivity contribution in [2.75, 3.05) is 18.2 Å². The van der Waals surface area contributed by atoms with Gasteiger partial charge >= 0.3 is 0 Å². The van der Waals surface area contributed by atoms with E-state index in [1.54, 1.807) is 25.3 Å². The molecule has 2 rings (SSSR count). The summed E-state index contributed by atoms with van der Waals surface area (Å²) in [6.45, 7) is 0.538. The number of nitrogen functional groups attached to an aromatic ring is 1. The van der Waals surface area contributed by atoms with E-state index in [-0.39, 0.29) is 0 Å². The molecule has 0 aliphatic carbocycles. The summed E-state index contributed by atoms with van der Waals surface area (Å²) in [5.74, 6) is 0.315. The number of rotatable bonds is 5. The second-order valence-electron chi connectivity index (χ2n) is 4.33. The van der Waals surface area contributed by atoms with Crippen LogP contribution in [0.1, 0.15) is 15.9 Å². The van der Waals surface area contributed by atoms with Crippen LogP contribution in [0.4, 0.5) is 11.4 Å². The smallest absolute Gasteiger partial charge is 0.248 e. The van der Waals surface area contributed by atoms with Crippen LogP contribution in [-0.2, 0) is 6.54 Å². The van der Waals surface area contributed by atoms with E-state index < -0.39 is 5.91 Å². The quantitative estimate of drug-likeness (QED) is 0.725. The third-order valence-corrected chi connectivity index (χ3v) is 3.00. The second-order valence-corrected chi connectivity index (χ2v) is 4.33. The number of benzene rings is 2. The maximum Gasteiger partial charge on any atom is 0.248 e. The molecule has 2 aromatic rings. The van der Waals surface area contributed by atoms with Crippen molar-refractivity contribution in [2.24, 2.45) is 5.73 Å². The summed E-state index contributed by atoms with van der Waals surface area (Å²) in [7, 11) is 1.63. The van der Waals surface area contributed by atoms with Gasteiger partial charge < -0.3 is 21.5 Å². The molecule has 0 spiro atoms. The summed E-state index contributed by atoms with van der Waals surface area (Å²) in [5.41, 5.74) is 13.8. The first-order valence-electron chi connectivity index (χ1n) is 6.17. The van der Waals surface area contributed by atoms with Crippen LogP contribution in [0.2, 0.25) is 0 Å². The molecule has 0 radical (unpaired) electrons. The summed E-state index contributed by atoms with van der Waals surface area (Å²) in [6, 6.07) is 12.6. The van der Waals surface area contributed by atoms with Crippen molar-refractivity contribution >= 4 is 17.3 Å². The summed E-state index contributed by atoms with van der Waals surface area (Å²) in [4.78, 5) is 11.2. The Labute approximate surface area is 117 Å². The van der Waals surface area contributed by atoms with Gasteiger partial charge in [0, 0.05) is 17.7 Å². The summed E-state index contributed by atoms with van der Waals surface area (Å²) < 4.78 is 5.28. The van der Waals surface area contributed by atoms with E-state index in [4.69, 9.17) is 16.2 Å². The molecule has 2 aromatic carbocycles. The van der Waals surface area contributed by atoms with Crippen molar-refractivity contribution in [1.82, 2.24) is 0 Å². The van der Waals surface area contributed by atoms with Gasteiger partial charge in [0.1, 0.15) is 5.75 Å². The number of hydrogen-bond donors (Lipinski definition) is 3. The topological polar surface area (TPSA) is 90.4 Å². The Kier molecular flexibility index (Phi) is 4.10. The maximum absolute atomic E-state index is 11.2. The van der Waals surface area contributed by atoms with E-state index in [9.17, 15) is 4.79 Å². The summed E-state index contributed by atoms with van der Waals surface area (Å²) in [6.07, 6.45) is 0. The van der Waals surface area contributed by atoms with Crippen LogP contribution < -0.4 is 21.5 Å². The van der Waals surface area contributed by atoms with Gasteiger partial charge in [-0.1, -0.05) is 18.2 Å². The van der Waals surface area contributed by atoms with Crippen LogP contribution in [0.5, 0.6) is 5.75 Å². The zero-order valence-corrected chi connectivity index (χ0v) is 11.2. The molecule has 0 atom stereocenters. The Morgan fingerprint density at radius 1 is 1.25 bits per heavy atom. The lowest BCUT2D eigenvalue weighted by atomic mass is 10.1. The van der Waals surface area contributed by atoms with Gasteiger partial charge in [-0.2, -0.15) is 0 Å². The first-order chi connectivity index (χ1) is 9.61. The van der Waals surface area contributed by atoms with Crippen LogP contribution in [0, 0.1) is 0 Å². The van der Waals surface area contributed by atoms with Gasteiger partial charge in [0.05, 0.1) is 18.5 Å². The van der Waals surface area contributed by atoms with E-state index in [1.165, 1.54) is 0 Å². The maximum atomic E-state index is 11.2. The molecule has 0 aliphatic heterocycles. The zero-order chi connectivity index (χ0) is 14.5. The van der Waals surface area contributed by atoms with Crippen molar-refractivity contribution in [3.05, 3.63) is 53.6 Å². The predicted molar refractivity (Wildman–Crippen MR) is 79.7 cm³/mol. The molecule has 20 heavy (non-hydrogen) atoms. The van der Waals surface area contributed by atoms with Gasteiger partial charge in [0.25, 0.3) is 0 Å².